The Balaban J connectivity index is 1.92. The fourth-order valence-electron chi connectivity index (χ4n) is 2.48. The molecule has 5 heteroatoms. The number of ether oxygens (including phenoxy) is 1. The second-order valence-corrected chi connectivity index (χ2v) is 6.18. The topological polar surface area (TPSA) is 75.6 Å². The van der Waals surface area contributed by atoms with E-state index in [4.69, 9.17) is 9.84 Å². The number of amides is 1. The fraction of sp³-hybridized carbons (Fsp3) is 0.500. The van der Waals surface area contributed by atoms with Crippen molar-refractivity contribution in [2.75, 3.05) is 7.11 Å². The van der Waals surface area contributed by atoms with Gasteiger partial charge in [-0.05, 0) is 44.4 Å². The third-order valence-corrected chi connectivity index (χ3v) is 3.71. The molecule has 1 aromatic carbocycles. The first-order valence-electron chi connectivity index (χ1n) is 7.00. The Bertz CT molecular complexity index is 536. The number of hydrogen-bond acceptors (Lipinski definition) is 3. The average Bonchev–Trinajstić information content (AvgIpc) is 3.19. The summed E-state index contributed by atoms with van der Waals surface area (Å²) >= 11 is 0. The van der Waals surface area contributed by atoms with E-state index in [-0.39, 0.29) is 11.8 Å². The van der Waals surface area contributed by atoms with E-state index in [1.807, 2.05) is 38.1 Å². The van der Waals surface area contributed by atoms with Crippen LogP contribution in [0, 0.1) is 11.8 Å². The van der Waals surface area contributed by atoms with Crippen molar-refractivity contribution < 1.29 is 19.4 Å². The molecule has 0 spiro atoms. The monoisotopic (exact) mass is 291 g/mol. The van der Waals surface area contributed by atoms with E-state index >= 15 is 0 Å². The van der Waals surface area contributed by atoms with Crippen molar-refractivity contribution in [2.24, 2.45) is 11.8 Å². The molecule has 1 aromatic rings. The Morgan fingerprint density at radius 3 is 2.38 bits per heavy atom. The van der Waals surface area contributed by atoms with Gasteiger partial charge in [0.05, 0.1) is 18.9 Å². The number of carbonyl (C=O) groups excluding carboxylic acids is 1. The van der Waals surface area contributed by atoms with Gasteiger partial charge in [-0.15, -0.1) is 0 Å². The number of aliphatic carboxylic acids is 1. The molecule has 1 fully saturated rings. The van der Waals surface area contributed by atoms with Gasteiger partial charge >= 0.3 is 5.97 Å². The van der Waals surface area contributed by atoms with Crippen molar-refractivity contribution in [3.8, 4) is 5.75 Å². The van der Waals surface area contributed by atoms with Gasteiger partial charge in [0.1, 0.15) is 5.75 Å². The molecule has 0 bridgehead atoms. The van der Waals surface area contributed by atoms with E-state index in [2.05, 4.69) is 5.32 Å². The predicted molar refractivity (Wildman–Crippen MR) is 78.2 cm³/mol. The summed E-state index contributed by atoms with van der Waals surface area (Å²) in [6, 6.07) is 7.69. The zero-order valence-electron chi connectivity index (χ0n) is 12.6. The van der Waals surface area contributed by atoms with Crippen molar-refractivity contribution in [1.29, 1.82) is 0 Å². The van der Waals surface area contributed by atoms with Crippen molar-refractivity contribution in [1.82, 2.24) is 5.32 Å². The number of nitrogens with one attached hydrogen (secondary N) is 1. The van der Waals surface area contributed by atoms with Gasteiger partial charge in [0.25, 0.3) is 0 Å². The van der Waals surface area contributed by atoms with E-state index in [1.165, 1.54) is 0 Å². The maximum atomic E-state index is 12.0. The number of carbonyl (C=O) groups is 2. The molecular weight excluding hydrogens is 270 g/mol. The normalized spacial score (nSPS) is 20.7. The quantitative estimate of drug-likeness (QED) is 0.838. The Kier molecular flexibility index (Phi) is 4.21. The molecule has 0 aromatic heterocycles. The smallest absolute Gasteiger partial charge is 0.307 e. The molecular formula is C16H21NO4. The SMILES string of the molecule is COc1ccc(CC(C)(C)NC(=O)C2CC2C(=O)O)cc1. The first kappa shape index (κ1) is 15.4. The van der Waals surface area contributed by atoms with Gasteiger partial charge in [-0.25, -0.2) is 0 Å². The fourth-order valence-corrected chi connectivity index (χ4v) is 2.48. The van der Waals surface area contributed by atoms with E-state index < -0.39 is 17.4 Å². The summed E-state index contributed by atoms with van der Waals surface area (Å²) in [7, 11) is 1.62. The van der Waals surface area contributed by atoms with Crippen molar-refractivity contribution in [2.45, 2.75) is 32.2 Å². The molecule has 114 valence electrons. The van der Waals surface area contributed by atoms with Gasteiger partial charge in [0, 0.05) is 5.54 Å². The molecule has 0 aliphatic heterocycles. The Labute approximate surface area is 124 Å². The lowest BCUT2D eigenvalue weighted by Gasteiger charge is -2.26. The minimum absolute atomic E-state index is 0.166. The van der Waals surface area contributed by atoms with Crippen LogP contribution in [0.5, 0.6) is 5.75 Å². The Morgan fingerprint density at radius 2 is 1.90 bits per heavy atom. The van der Waals surface area contributed by atoms with Crippen LogP contribution in [0.3, 0.4) is 0 Å². The summed E-state index contributed by atoms with van der Waals surface area (Å²) in [5.41, 5.74) is 0.670. The summed E-state index contributed by atoms with van der Waals surface area (Å²) in [5.74, 6) is -1.15. The van der Waals surface area contributed by atoms with Crippen LogP contribution in [0.25, 0.3) is 0 Å². The summed E-state index contributed by atoms with van der Waals surface area (Å²) in [6.07, 6.45) is 1.12. The molecule has 2 unspecified atom stereocenters. The summed E-state index contributed by atoms with van der Waals surface area (Å²) in [4.78, 5) is 22.8. The van der Waals surface area contributed by atoms with Crippen LogP contribution in [0.4, 0.5) is 0 Å². The molecule has 1 aliphatic carbocycles. The van der Waals surface area contributed by atoms with Crippen LogP contribution < -0.4 is 10.1 Å². The lowest BCUT2D eigenvalue weighted by Crippen LogP contribution is -2.46. The van der Waals surface area contributed by atoms with E-state index in [0.717, 1.165) is 11.3 Å². The minimum Gasteiger partial charge on any atom is -0.497 e. The van der Waals surface area contributed by atoms with Gasteiger partial charge in [-0.1, -0.05) is 12.1 Å². The highest BCUT2D eigenvalue weighted by atomic mass is 16.5. The van der Waals surface area contributed by atoms with Gasteiger partial charge in [-0.2, -0.15) is 0 Å². The zero-order valence-corrected chi connectivity index (χ0v) is 12.6. The van der Waals surface area contributed by atoms with Crippen molar-refractivity contribution in [3.63, 3.8) is 0 Å². The zero-order chi connectivity index (χ0) is 15.6. The highest BCUT2D eigenvalue weighted by Gasteiger charge is 2.49. The third kappa shape index (κ3) is 3.97. The summed E-state index contributed by atoms with van der Waals surface area (Å²) in [6.45, 7) is 3.88. The molecule has 0 radical (unpaired) electrons. The van der Waals surface area contributed by atoms with Gasteiger partial charge in [0.2, 0.25) is 5.91 Å². The number of hydrogen-bond donors (Lipinski definition) is 2. The number of benzene rings is 1. The highest BCUT2D eigenvalue weighted by Crippen LogP contribution is 2.39. The molecule has 1 amide bonds. The van der Waals surface area contributed by atoms with Gasteiger partial charge in [-0.3, -0.25) is 9.59 Å². The number of carboxylic acid groups (broad SMARTS) is 1. The maximum Gasteiger partial charge on any atom is 0.307 e. The van der Waals surface area contributed by atoms with Crippen LogP contribution in [0.15, 0.2) is 24.3 Å². The van der Waals surface area contributed by atoms with E-state index in [9.17, 15) is 9.59 Å². The van der Waals surface area contributed by atoms with E-state index in [1.54, 1.807) is 7.11 Å². The maximum absolute atomic E-state index is 12.0. The van der Waals surface area contributed by atoms with Crippen LogP contribution in [-0.2, 0) is 16.0 Å². The van der Waals surface area contributed by atoms with Gasteiger partial charge in [0.15, 0.2) is 0 Å². The average molecular weight is 291 g/mol. The first-order chi connectivity index (χ1) is 9.82. The van der Waals surface area contributed by atoms with Crippen molar-refractivity contribution >= 4 is 11.9 Å². The molecule has 21 heavy (non-hydrogen) atoms. The number of methoxy groups -OCH3 is 1. The third-order valence-electron chi connectivity index (χ3n) is 3.71. The number of rotatable bonds is 6. The summed E-state index contributed by atoms with van der Waals surface area (Å²) < 4.78 is 5.11. The molecule has 2 N–H and O–H groups in total. The molecule has 0 saturated heterocycles. The highest BCUT2D eigenvalue weighted by molar-refractivity contribution is 5.89. The molecule has 1 aliphatic rings. The first-order valence-corrected chi connectivity index (χ1v) is 7.00. The standard InChI is InChI=1S/C16H21NO4/c1-16(2,9-10-4-6-11(21-3)7-5-10)17-14(18)12-8-13(12)15(19)20/h4-7,12-13H,8-9H2,1-3H3,(H,17,18)(H,19,20). The van der Waals surface area contributed by atoms with Crippen LogP contribution >= 0.6 is 0 Å². The largest absolute Gasteiger partial charge is 0.497 e. The lowest BCUT2D eigenvalue weighted by atomic mass is 9.94. The van der Waals surface area contributed by atoms with Crippen LogP contribution in [-0.4, -0.2) is 29.6 Å². The van der Waals surface area contributed by atoms with Gasteiger partial charge < -0.3 is 15.2 Å². The molecule has 2 rings (SSSR count). The Morgan fingerprint density at radius 1 is 1.29 bits per heavy atom. The lowest BCUT2D eigenvalue weighted by molar-refractivity contribution is -0.140. The minimum atomic E-state index is -0.886. The van der Waals surface area contributed by atoms with Crippen LogP contribution in [0.1, 0.15) is 25.8 Å². The van der Waals surface area contributed by atoms with Crippen LogP contribution in [0.2, 0.25) is 0 Å². The van der Waals surface area contributed by atoms with E-state index in [0.29, 0.717) is 12.8 Å². The predicted octanol–water partition coefficient (Wildman–Crippen LogP) is 1.85. The Hall–Kier alpha value is -2.04. The molecule has 2 atom stereocenters. The molecule has 0 heterocycles. The number of carboxylic acids is 1. The molecule has 5 nitrogen and oxygen atoms in total. The molecule has 1 saturated carbocycles. The second-order valence-electron chi connectivity index (χ2n) is 6.18. The van der Waals surface area contributed by atoms with Crippen molar-refractivity contribution in [3.05, 3.63) is 29.8 Å². The second kappa shape index (κ2) is 5.76. The summed E-state index contributed by atoms with van der Waals surface area (Å²) in [5, 5.41) is 11.8.